The van der Waals surface area contributed by atoms with E-state index in [-0.39, 0.29) is 12.0 Å². The summed E-state index contributed by atoms with van der Waals surface area (Å²) in [4.78, 5) is 20.2. The number of ether oxygens (including phenoxy) is 3. The number of aromatic nitrogens is 1. The van der Waals surface area contributed by atoms with Crippen LogP contribution in [0, 0.1) is 6.92 Å². The lowest BCUT2D eigenvalue weighted by Gasteiger charge is -2.23. The van der Waals surface area contributed by atoms with Crippen molar-refractivity contribution >= 4 is 17.2 Å². The van der Waals surface area contributed by atoms with Gasteiger partial charge in [0.05, 0.1) is 26.0 Å². The summed E-state index contributed by atoms with van der Waals surface area (Å²) in [5, 5.41) is 0.796. The molecular formula is C20H26N2O4S. The summed E-state index contributed by atoms with van der Waals surface area (Å²) in [6.07, 6.45) is 2.23. The predicted octanol–water partition coefficient (Wildman–Crippen LogP) is 3.78. The Balaban J connectivity index is 1.83. The van der Waals surface area contributed by atoms with Crippen LogP contribution in [-0.4, -0.2) is 55.8 Å². The Morgan fingerprint density at radius 3 is 2.74 bits per heavy atom. The number of methoxy groups -OCH3 is 2. The SMILES string of the molecule is CCN(CC1CCCO1)C(=O)c1sc(-c2ccc(OC)c(OC)c2)nc1C. The first-order valence-corrected chi connectivity index (χ1v) is 9.99. The third-order valence-electron chi connectivity index (χ3n) is 4.74. The van der Waals surface area contributed by atoms with Gasteiger partial charge in [-0.15, -0.1) is 11.3 Å². The second-order valence-corrected chi connectivity index (χ2v) is 7.48. The number of benzene rings is 1. The molecule has 2 heterocycles. The summed E-state index contributed by atoms with van der Waals surface area (Å²) in [7, 11) is 3.21. The zero-order valence-corrected chi connectivity index (χ0v) is 17.1. The first-order valence-electron chi connectivity index (χ1n) is 9.18. The van der Waals surface area contributed by atoms with Gasteiger partial charge < -0.3 is 19.1 Å². The van der Waals surface area contributed by atoms with E-state index in [4.69, 9.17) is 14.2 Å². The maximum Gasteiger partial charge on any atom is 0.265 e. The minimum atomic E-state index is 0.0229. The normalized spacial score (nSPS) is 16.4. The lowest BCUT2D eigenvalue weighted by Crippen LogP contribution is -2.37. The van der Waals surface area contributed by atoms with E-state index in [1.54, 1.807) is 14.2 Å². The number of carbonyl (C=O) groups excluding carboxylic acids is 1. The molecule has 6 nitrogen and oxygen atoms in total. The van der Waals surface area contributed by atoms with Crippen LogP contribution in [0.25, 0.3) is 10.6 Å². The Labute approximate surface area is 164 Å². The molecule has 1 aromatic carbocycles. The first kappa shape index (κ1) is 19.6. The Morgan fingerprint density at radius 1 is 1.33 bits per heavy atom. The molecule has 146 valence electrons. The number of aryl methyl sites for hydroxylation is 1. The molecule has 1 unspecified atom stereocenters. The lowest BCUT2D eigenvalue weighted by atomic mass is 10.2. The number of hydrogen-bond acceptors (Lipinski definition) is 6. The minimum absolute atomic E-state index is 0.0229. The van der Waals surface area contributed by atoms with Gasteiger partial charge in [0.2, 0.25) is 0 Å². The predicted molar refractivity (Wildman–Crippen MR) is 106 cm³/mol. The fourth-order valence-electron chi connectivity index (χ4n) is 3.22. The highest BCUT2D eigenvalue weighted by molar-refractivity contribution is 7.17. The molecule has 3 rings (SSSR count). The number of amides is 1. The fraction of sp³-hybridized carbons (Fsp3) is 0.500. The second-order valence-electron chi connectivity index (χ2n) is 6.48. The van der Waals surface area contributed by atoms with Gasteiger partial charge in [0.1, 0.15) is 9.88 Å². The van der Waals surface area contributed by atoms with E-state index in [2.05, 4.69) is 4.98 Å². The zero-order valence-electron chi connectivity index (χ0n) is 16.3. The van der Waals surface area contributed by atoms with Crippen LogP contribution >= 0.6 is 11.3 Å². The molecule has 7 heteroatoms. The third-order valence-corrected chi connectivity index (χ3v) is 5.93. The zero-order chi connectivity index (χ0) is 19.4. The van der Waals surface area contributed by atoms with Crippen molar-refractivity contribution in [3.05, 3.63) is 28.8 Å². The van der Waals surface area contributed by atoms with Crippen LogP contribution in [0.1, 0.15) is 35.1 Å². The summed E-state index contributed by atoms with van der Waals surface area (Å²) >= 11 is 1.42. The van der Waals surface area contributed by atoms with Gasteiger partial charge in [0, 0.05) is 25.3 Å². The van der Waals surface area contributed by atoms with Gasteiger partial charge in [-0.05, 0) is 44.9 Å². The molecule has 0 spiro atoms. The summed E-state index contributed by atoms with van der Waals surface area (Å²) in [6, 6.07) is 5.66. The average Bonchev–Trinajstić information content (AvgIpc) is 3.34. The quantitative estimate of drug-likeness (QED) is 0.720. The van der Waals surface area contributed by atoms with E-state index in [1.165, 1.54) is 11.3 Å². The van der Waals surface area contributed by atoms with E-state index >= 15 is 0 Å². The smallest absolute Gasteiger partial charge is 0.265 e. The molecule has 0 aliphatic carbocycles. The highest BCUT2D eigenvalue weighted by Crippen LogP contribution is 2.35. The Morgan fingerprint density at radius 2 is 2.11 bits per heavy atom. The van der Waals surface area contributed by atoms with Gasteiger partial charge in [0.15, 0.2) is 11.5 Å². The molecule has 1 aliphatic heterocycles. The minimum Gasteiger partial charge on any atom is -0.493 e. The van der Waals surface area contributed by atoms with Crippen molar-refractivity contribution in [3.8, 4) is 22.1 Å². The van der Waals surface area contributed by atoms with Crippen molar-refractivity contribution in [3.63, 3.8) is 0 Å². The van der Waals surface area contributed by atoms with Gasteiger partial charge in [-0.2, -0.15) is 0 Å². The highest BCUT2D eigenvalue weighted by atomic mass is 32.1. The molecule has 27 heavy (non-hydrogen) atoms. The average molecular weight is 391 g/mol. The van der Waals surface area contributed by atoms with Crippen LogP contribution < -0.4 is 9.47 Å². The highest BCUT2D eigenvalue weighted by Gasteiger charge is 2.25. The molecule has 1 aliphatic rings. The van der Waals surface area contributed by atoms with Gasteiger partial charge in [-0.25, -0.2) is 4.98 Å². The molecule has 0 radical (unpaired) electrons. The van der Waals surface area contributed by atoms with Gasteiger partial charge >= 0.3 is 0 Å². The summed E-state index contributed by atoms with van der Waals surface area (Å²) in [5.74, 6) is 1.33. The topological polar surface area (TPSA) is 60.9 Å². The number of nitrogens with zero attached hydrogens (tertiary/aromatic N) is 2. The number of likely N-dealkylation sites (N-methyl/N-ethyl adjacent to an activating group) is 1. The van der Waals surface area contributed by atoms with Crippen molar-refractivity contribution in [2.75, 3.05) is 33.9 Å². The van der Waals surface area contributed by atoms with E-state index in [9.17, 15) is 4.79 Å². The standard InChI is InChI=1S/C20H26N2O4S/c1-5-22(12-15-7-6-10-26-15)20(23)18-13(2)21-19(27-18)14-8-9-16(24-3)17(11-14)25-4/h8-9,11,15H,5-7,10,12H2,1-4H3. The van der Waals surface area contributed by atoms with Crippen molar-refractivity contribution in [2.45, 2.75) is 32.8 Å². The maximum absolute atomic E-state index is 13.0. The summed E-state index contributed by atoms with van der Waals surface area (Å²) < 4.78 is 16.4. The number of hydrogen-bond donors (Lipinski definition) is 0. The summed E-state index contributed by atoms with van der Waals surface area (Å²) in [6.45, 7) is 5.96. The van der Waals surface area contributed by atoms with Crippen molar-refractivity contribution in [1.82, 2.24) is 9.88 Å². The Kier molecular flexibility index (Phi) is 6.34. The monoisotopic (exact) mass is 390 g/mol. The van der Waals surface area contributed by atoms with Gasteiger partial charge in [-0.3, -0.25) is 4.79 Å². The van der Waals surface area contributed by atoms with E-state index in [0.29, 0.717) is 29.5 Å². The van der Waals surface area contributed by atoms with Gasteiger partial charge in [-0.1, -0.05) is 0 Å². The largest absolute Gasteiger partial charge is 0.493 e. The molecular weight excluding hydrogens is 364 g/mol. The first-order chi connectivity index (χ1) is 13.1. The van der Waals surface area contributed by atoms with Crippen LogP contribution in [-0.2, 0) is 4.74 Å². The molecule has 1 aromatic heterocycles. The third kappa shape index (κ3) is 4.25. The Bertz CT molecular complexity index is 799. The van der Waals surface area contributed by atoms with Gasteiger partial charge in [0.25, 0.3) is 5.91 Å². The molecule has 1 atom stereocenters. The van der Waals surface area contributed by atoms with E-state index in [0.717, 1.165) is 35.7 Å². The lowest BCUT2D eigenvalue weighted by molar-refractivity contribution is 0.0542. The van der Waals surface area contributed by atoms with E-state index in [1.807, 2.05) is 36.9 Å². The molecule has 1 saturated heterocycles. The van der Waals surface area contributed by atoms with Crippen molar-refractivity contribution < 1.29 is 19.0 Å². The van der Waals surface area contributed by atoms with Crippen LogP contribution in [0.5, 0.6) is 11.5 Å². The fourth-order valence-corrected chi connectivity index (χ4v) is 4.25. The van der Waals surface area contributed by atoms with Crippen LogP contribution in [0.4, 0.5) is 0 Å². The molecule has 1 fully saturated rings. The Hall–Kier alpha value is -2.12. The molecule has 2 aromatic rings. The summed E-state index contributed by atoms with van der Waals surface area (Å²) in [5.41, 5.74) is 1.66. The van der Waals surface area contributed by atoms with Crippen molar-refractivity contribution in [1.29, 1.82) is 0 Å². The van der Waals surface area contributed by atoms with Crippen LogP contribution in [0.2, 0.25) is 0 Å². The number of rotatable bonds is 7. The maximum atomic E-state index is 13.0. The molecule has 0 bridgehead atoms. The second kappa shape index (κ2) is 8.71. The van der Waals surface area contributed by atoms with Crippen LogP contribution in [0.15, 0.2) is 18.2 Å². The number of thiazole rings is 1. The van der Waals surface area contributed by atoms with E-state index < -0.39 is 0 Å². The van der Waals surface area contributed by atoms with Crippen molar-refractivity contribution in [2.24, 2.45) is 0 Å². The molecule has 0 saturated carbocycles. The molecule has 1 amide bonds. The molecule has 0 N–H and O–H groups in total. The number of carbonyl (C=O) groups is 1. The van der Waals surface area contributed by atoms with Crippen LogP contribution in [0.3, 0.4) is 0 Å².